The van der Waals surface area contributed by atoms with E-state index in [0.29, 0.717) is 6.42 Å². The quantitative estimate of drug-likeness (QED) is 0.599. The van der Waals surface area contributed by atoms with Gasteiger partial charge in [0.1, 0.15) is 0 Å². The highest BCUT2D eigenvalue weighted by molar-refractivity contribution is 4.84. The third-order valence-electron chi connectivity index (χ3n) is 3.15. The van der Waals surface area contributed by atoms with Crippen LogP contribution in [0.3, 0.4) is 0 Å². The van der Waals surface area contributed by atoms with Crippen LogP contribution in [-0.2, 0) is 0 Å². The first kappa shape index (κ1) is 9.94. The van der Waals surface area contributed by atoms with E-state index in [1.807, 2.05) is 13.8 Å². The molecule has 1 saturated carbocycles. The highest BCUT2D eigenvalue weighted by Gasteiger charge is 2.43. The molecule has 1 unspecified atom stereocenters. The van der Waals surface area contributed by atoms with Gasteiger partial charge in [0.15, 0.2) is 0 Å². The molecule has 0 radical (unpaired) electrons. The Kier molecular flexibility index (Phi) is 3.08. The summed E-state index contributed by atoms with van der Waals surface area (Å²) in [5.74, 6) is -2.55. The van der Waals surface area contributed by atoms with Crippen LogP contribution in [0.2, 0.25) is 0 Å². The Morgan fingerprint density at radius 2 is 2.08 bits per heavy atom. The normalized spacial score (nSPS) is 31.5. The molecule has 1 rings (SSSR count). The summed E-state index contributed by atoms with van der Waals surface area (Å²) in [6, 6.07) is 0. The maximum Gasteiger partial charge on any atom is 0.251 e. The average Bonchev–Trinajstić information content (AvgIpc) is 2.02. The predicted octanol–water partition coefficient (Wildman–Crippen LogP) is 3.86. The van der Waals surface area contributed by atoms with E-state index < -0.39 is 5.92 Å². The van der Waals surface area contributed by atoms with Crippen molar-refractivity contribution in [1.82, 2.24) is 0 Å². The molecule has 0 bridgehead atoms. The van der Waals surface area contributed by atoms with Gasteiger partial charge in [0.05, 0.1) is 0 Å². The standard InChI is InChI=1S/C10H18F2/c1-3-8(2)9-6-4-5-7-10(9,11)12/h8-9H,3-7H2,1-2H3/t8?,9-/m1/s1. The third kappa shape index (κ3) is 1.96. The molecular weight excluding hydrogens is 158 g/mol. The van der Waals surface area contributed by atoms with Crippen molar-refractivity contribution in [3.05, 3.63) is 0 Å². The molecule has 0 aromatic heterocycles. The van der Waals surface area contributed by atoms with Crippen molar-refractivity contribution in [3.8, 4) is 0 Å². The Labute approximate surface area is 73.3 Å². The maximum atomic E-state index is 13.3. The summed E-state index contributed by atoms with van der Waals surface area (Å²) in [5, 5.41) is 0. The lowest BCUT2D eigenvalue weighted by molar-refractivity contribution is -0.104. The molecule has 2 atom stereocenters. The molecule has 1 fully saturated rings. The van der Waals surface area contributed by atoms with Gasteiger partial charge in [-0.2, -0.15) is 0 Å². The summed E-state index contributed by atoms with van der Waals surface area (Å²) < 4.78 is 26.6. The second-order valence-electron chi connectivity index (χ2n) is 4.00. The third-order valence-corrected chi connectivity index (χ3v) is 3.15. The van der Waals surface area contributed by atoms with E-state index >= 15 is 0 Å². The minimum Gasteiger partial charge on any atom is -0.207 e. The summed E-state index contributed by atoms with van der Waals surface area (Å²) in [6.07, 6.45) is 3.41. The van der Waals surface area contributed by atoms with Crippen molar-refractivity contribution in [2.24, 2.45) is 11.8 Å². The first-order chi connectivity index (χ1) is 5.58. The molecule has 1 aliphatic carbocycles. The van der Waals surface area contributed by atoms with Crippen LogP contribution in [0.5, 0.6) is 0 Å². The molecule has 0 amide bonds. The van der Waals surface area contributed by atoms with Crippen molar-refractivity contribution in [1.29, 1.82) is 0 Å². The lowest BCUT2D eigenvalue weighted by Crippen LogP contribution is -2.35. The second-order valence-corrected chi connectivity index (χ2v) is 4.00. The van der Waals surface area contributed by atoms with Crippen LogP contribution in [-0.4, -0.2) is 5.92 Å². The van der Waals surface area contributed by atoms with Crippen LogP contribution in [0.1, 0.15) is 46.0 Å². The predicted molar refractivity (Wildman–Crippen MR) is 46.4 cm³/mol. The summed E-state index contributed by atoms with van der Waals surface area (Å²) in [5.41, 5.74) is 0. The molecule has 0 N–H and O–H groups in total. The topological polar surface area (TPSA) is 0 Å². The molecule has 2 heteroatoms. The summed E-state index contributed by atoms with van der Waals surface area (Å²) in [6.45, 7) is 3.94. The zero-order chi connectivity index (χ0) is 9.19. The van der Waals surface area contributed by atoms with E-state index in [1.165, 1.54) is 0 Å². The molecule has 1 aliphatic rings. The minimum absolute atomic E-state index is 0.113. The van der Waals surface area contributed by atoms with E-state index in [1.54, 1.807) is 0 Å². The van der Waals surface area contributed by atoms with Crippen molar-refractivity contribution in [3.63, 3.8) is 0 Å². The van der Waals surface area contributed by atoms with Gasteiger partial charge in [0.25, 0.3) is 5.92 Å². The van der Waals surface area contributed by atoms with E-state index in [-0.39, 0.29) is 18.3 Å². The van der Waals surface area contributed by atoms with Gasteiger partial charge in [-0.05, 0) is 18.8 Å². The molecule has 0 nitrogen and oxygen atoms in total. The smallest absolute Gasteiger partial charge is 0.207 e. The van der Waals surface area contributed by atoms with Gasteiger partial charge in [-0.25, -0.2) is 8.78 Å². The number of hydrogen-bond acceptors (Lipinski definition) is 0. The summed E-state index contributed by atoms with van der Waals surface area (Å²) in [4.78, 5) is 0. The van der Waals surface area contributed by atoms with Crippen LogP contribution in [0, 0.1) is 11.8 Å². The number of alkyl halides is 2. The van der Waals surface area contributed by atoms with Crippen LogP contribution in [0.25, 0.3) is 0 Å². The number of rotatable bonds is 2. The van der Waals surface area contributed by atoms with Crippen molar-refractivity contribution in [2.75, 3.05) is 0 Å². The fraction of sp³-hybridized carbons (Fsp3) is 1.00. The summed E-state index contributed by atoms with van der Waals surface area (Å²) >= 11 is 0. The second kappa shape index (κ2) is 3.71. The van der Waals surface area contributed by atoms with Gasteiger partial charge in [-0.15, -0.1) is 0 Å². The van der Waals surface area contributed by atoms with Crippen molar-refractivity contribution in [2.45, 2.75) is 51.9 Å². The van der Waals surface area contributed by atoms with Gasteiger partial charge < -0.3 is 0 Å². The van der Waals surface area contributed by atoms with Crippen LogP contribution >= 0.6 is 0 Å². The summed E-state index contributed by atoms with van der Waals surface area (Å²) in [7, 11) is 0. The van der Waals surface area contributed by atoms with Gasteiger partial charge in [0, 0.05) is 12.3 Å². The van der Waals surface area contributed by atoms with Crippen LogP contribution < -0.4 is 0 Å². The molecule has 0 aliphatic heterocycles. The zero-order valence-corrected chi connectivity index (χ0v) is 7.95. The van der Waals surface area contributed by atoms with Crippen LogP contribution in [0.15, 0.2) is 0 Å². The van der Waals surface area contributed by atoms with Gasteiger partial charge in [0.2, 0.25) is 0 Å². The maximum absolute atomic E-state index is 13.3. The Morgan fingerprint density at radius 3 is 2.58 bits per heavy atom. The molecule has 72 valence electrons. The molecule has 0 aromatic rings. The fourth-order valence-corrected chi connectivity index (χ4v) is 2.11. The Bertz CT molecular complexity index is 143. The zero-order valence-electron chi connectivity index (χ0n) is 7.95. The monoisotopic (exact) mass is 176 g/mol. The van der Waals surface area contributed by atoms with E-state index in [2.05, 4.69) is 0 Å². The Balaban J connectivity index is 2.59. The molecule has 0 saturated heterocycles. The van der Waals surface area contributed by atoms with Gasteiger partial charge >= 0.3 is 0 Å². The Hall–Kier alpha value is -0.140. The molecular formula is C10H18F2. The molecule has 0 heterocycles. The van der Waals surface area contributed by atoms with E-state index in [9.17, 15) is 8.78 Å². The minimum atomic E-state index is -2.38. The number of halogens is 2. The molecule has 0 spiro atoms. The number of hydrogen-bond donors (Lipinski definition) is 0. The largest absolute Gasteiger partial charge is 0.251 e. The van der Waals surface area contributed by atoms with Crippen molar-refractivity contribution < 1.29 is 8.78 Å². The average molecular weight is 176 g/mol. The first-order valence-corrected chi connectivity index (χ1v) is 4.95. The van der Waals surface area contributed by atoms with E-state index in [0.717, 1.165) is 19.3 Å². The van der Waals surface area contributed by atoms with E-state index in [4.69, 9.17) is 0 Å². The highest BCUT2D eigenvalue weighted by atomic mass is 19.3. The van der Waals surface area contributed by atoms with Gasteiger partial charge in [-0.1, -0.05) is 26.7 Å². The van der Waals surface area contributed by atoms with Crippen LogP contribution in [0.4, 0.5) is 8.78 Å². The fourth-order valence-electron chi connectivity index (χ4n) is 2.11. The lowest BCUT2D eigenvalue weighted by Gasteiger charge is -2.34. The lowest BCUT2D eigenvalue weighted by atomic mass is 9.77. The Morgan fingerprint density at radius 1 is 1.42 bits per heavy atom. The highest BCUT2D eigenvalue weighted by Crippen LogP contribution is 2.43. The molecule has 0 aromatic carbocycles. The first-order valence-electron chi connectivity index (χ1n) is 4.95. The molecule has 12 heavy (non-hydrogen) atoms. The van der Waals surface area contributed by atoms with Gasteiger partial charge in [-0.3, -0.25) is 0 Å². The SMILES string of the molecule is CCC(C)[C@H]1CCCCC1(F)F. The van der Waals surface area contributed by atoms with Crippen molar-refractivity contribution >= 4 is 0 Å².